The van der Waals surface area contributed by atoms with Gasteiger partial charge in [-0.3, -0.25) is 4.99 Å². The molecule has 0 aliphatic carbocycles. The number of hydrogen-bond acceptors (Lipinski definition) is 1. The van der Waals surface area contributed by atoms with Crippen molar-refractivity contribution in [2.75, 3.05) is 0 Å². The highest BCUT2D eigenvalue weighted by atomic mass is 14.8. The topological polar surface area (TPSA) is 28.1 Å². The molecule has 0 unspecified atom stereocenters. The van der Waals surface area contributed by atoms with Crippen molar-refractivity contribution in [2.24, 2.45) is 10.4 Å². The molecule has 1 aliphatic rings. The molecule has 0 spiro atoms. The summed E-state index contributed by atoms with van der Waals surface area (Å²) >= 11 is 0. The zero-order valence-corrected chi connectivity index (χ0v) is 7.33. The molecule has 1 aliphatic heterocycles. The highest BCUT2D eigenvalue weighted by Crippen LogP contribution is 2.26. The Labute approximate surface area is 72.0 Å². The molecule has 1 aromatic heterocycles. The Morgan fingerprint density at radius 2 is 2.25 bits per heavy atom. The second-order valence-electron chi connectivity index (χ2n) is 3.69. The van der Waals surface area contributed by atoms with E-state index in [1.54, 1.807) is 0 Å². The number of hydrogen-bond donors (Lipinski definition) is 1. The lowest BCUT2D eigenvalue weighted by Gasteiger charge is -2.10. The van der Waals surface area contributed by atoms with Crippen molar-refractivity contribution in [2.45, 2.75) is 13.8 Å². The molecule has 2 nitrogen and oxygen atoms in total. The van der Waals surface area contributed by atoms with Crippen LogP contribution < -0.4 is 0 Å². The maximum absolute atomic E-state index is 4.38. The van der Waals surface area contributed by atoms with Crippen LogP contribution in [0.15, 0.2) is 23.3 Å². The fourth-order valence-corrected chi connectivity index (χ4v) is 1.20. The molecule has 2 heteroatoms. The predicted molar refractivity (Wildman–Crippen MR) is 51.8 cm³/mol. The van der Waals surface area contributed by atoms with Gasteiger partial charge in [0.15, 0.2) is 0 Å². The van der Waals surface area contributed by atoms with Gasteiger partial charge in [-0.25, -0.2) is 0 Å². The lowest BCUT2D eigenvalue weighted by molar-refractivity contribution is 0.699. The Morgan fingerprint density at radius 1 is 1.42 bits per heavy atom. The second kappa shape index (κ2) is 2.34. The Bertz CT molecular complexity index is 312. The number of rotatable bonds is 0. The zero-order valence-electron chi connectivity index (χ0n) is 7.33. The van der Waals surface area contributed by atoms with Gasteiger partial charge in [0, 0.05) is 17.8 Å². The summed E-state index contributed by atoms with van der Waals surface area (Å²) in [6, 6.07) is 1.98. The van der Waals surface area contributed by atoms with Gasteiger partial charge >= 0.3 is 0 Å². The van der Waals surface area contributed by atoms with E-state index in [0.29, 0.717) is 0 Å². The third-order valence-corrected chi connectivity index (χ3v) is 1.97. The van der Waals surface area contributed by atoms with Crippen molar-refractivity contribution >= 4 is 18.0 Å². The molecule has 0 fully saturated rings. The summed E-state index contributed by atoms with van der Waals surface area (Å²) in [6.07, 6.45) is 8.12. The highest BCUT2D eigenvalue weighted by molar-refractivity contribution is 5.78. The fraction of sp³-hybridized carbons (Fsp3) is 0.300. The molecule has 0 saturated heterocycles. The molecular weight excluding hydrogens is 148 g/mol. The van der Waals surface area contributed by atoms with Crippen molar-refractivity contribution in [1.29, 1.82) is 0 Å². The quantitative estimate of drug-likeness (QED) is 0.604. The molecule has 0 amide bonds. The van der Waals surface area contributed by atoms with Gasteiger partial charge < -0.3 is 4.98 Å². The Hall–Kier alpha value is -1.31. The van der Waals surface area contributed by atoms with Crippen LogP contribution in [0.3, 0.4) is 0 Å². The number of allylic oxidation sites excluding steroid dienone is 1. The first-order chi connectivity index (χ1) is 5.67. The van der Waals surface area contributed by atoms with E-state index in [9.17, 15) is 0 Å². The van der Waals surface area contributed by atoms with Crippen LogP contribution in [0.4, 0.5) is 5.69 Å². The molecule has 62 valence electrons. The Morgan fingerprint density at radius 3 is 3.08 bits per heavy atom. The number of H-pyrrole nitrogens is 1. The molecule has 0 aromatic carbocycles. The average molecular weight is 160 g/mol. The lowest BCUT2D eigenvalue weighted by atomic mass is 9.95. The maximum Gasteiger partial charge on any atom is 0.0875 e. The first kappa shape index (κ1) is 7.35. The van der Waals surface area contributed by atoms with Crippen LogP contribution in [0.5, 0.6) is 0 Å². The first-order valence-electron chi connectivity index (χ1n) is 4.09. The maximum atomic E-state index is 4.38. The van der Waals surface area contributed by atoms with Gasteiger partial charge in [-0.05, 0) is 12.1 Å². The van der Waals surface area contributed by atoms with Crippen molar-refractivity contribution in [3.05, 3.63) is 24.0 Å². The number of nitrogens with zero attached hydrogens (tertiary/aromatic N) is 1. The van der Waals surface area contributed by atoms with E-state index in [4.69, 9.17) is 0 Å². The summed E-state index contributed by atoms with van der Waals surface area (Å²) in [5.74, 6) is 0. The molecule has 0 bridgehead atoms. The van der Waals surface area contributed by atoms with Crippen molar-refractivity contribution in [3.63, 3.8) is 0 Å². The third-order valence-electron chi connectivity index (χ3n) is 1.97. The molecule has 0 radical (unpaired) electrons. The van der Waals surface area contributed by atoms with Gasteiger partial charge in [0.2, 0.25) is 0 Å². The summed E-state index contributed by atoms with van der Waals surface area (Å²) in [5.41, 5.74) is 2.19. The highest BCUT2D eigenvalue weighted by Gasteiger charge is 2.13. The van der Waals surface area contributed by atoms with Crippen LogP contribution >= 0.6 is 0 Å². The van der Waals surface area contributed by atoms with E-state index in [-0.39, 0.29) is 5.41 Å². The van der Waals surface area contributed by atoms with Crippen LogP contribution in [0.1, 0.15) is 19.5 Å². The van der Waals surface area contributed by atoms with Gasteiger partial charge in [-0.2, -0.15) is 0 Å². The SMILES string of the molecule is CC1(C)C=Cc2[nH]ccc2N=C1. The van der Waals surface area contributed by atoms with Crippen LogP contribution in [-0.4, -0.2) is 11.2 Å². The number of nitrogens with one attached hydrogen (secondary N) is 1. The minimum absolute atomic E-state index is 0.0693. The van der Waals surface area contributed by atoms with E-state index in [0.717, 1.165) is 11.4 Å². The minimum Gasteiger partial charge on any atom is -0.360 e. The average Bonchev–Trinajstić information content (AvgIpc) is 2.40. The smallest absolute Gasteiger partial charge is 0.0875 e. The molecule has 12 heavy (non-hydrogen) atoms. The van der Waals surface area contributed by atoms with Gasteiger partial charge in [-0.1, -0.05) is 19.9 Å². The van der Waals surface area contributed by atoms with Crippen molar-refractivity contribution < 1.29 is 0 Å². The van der Waals surface area contributed by atoms with Gasteiger partial charge in [0.05, 0.1) is 11.4 Å². The largest absolute Gasteiger partial charge is 0.360 e. The van der Waals surface area contributed by atoms with Gasteiger partial charge in [0.25, 0.3) is 0 Å². The fourth-order valence-electron chi connectivity index (χ4n) is 1.20. The van der Waals surface area contributed by atoms with E-state index >= 15 is 0 Å². The number of fused-ring (bicyclic) bond motifs is 1. The van der Waals surface area contributed by atoms with Crippen LogP contribution in [0.25, 0.3) is 6.08 Å². The number of aliphatic imine (C=N–C) groups is 1. The Balaban J connectivity index is 2.49. The summed E-state index contributed by atoms with van der Waals surface area (Å²) < 4.78 is 0. The van der Waals surface area contributed by atoms with E-state index < -0.39 is 0 Å². The molecule has 0 saturated carbocycles. The first-order valence-corrected chi connectivity index (χ1v) is 4.09. The molecule has 1 N–H and O–H groups in total. The molecule has 1 aromatic rings. The summed E-state index contributed by atoms with van der Waals surface area (Å²) in [7, 11) is 0. The second-order valence-corrected chi connectivity index (χ2v) is 3.69. The number of aromatic nitrogens is 1. The normalized spacial score (nSPS) is 18.8. The summed E-state index contributed by atoms with van der Waals surface area (Å²) in [6.45, 7) is 4.28. The van der Waals surface area contributed by atoms with E-state index in [2.05, 4.69) is 36.0 Å². The van der Waals surface area contributed by atoms with Crippen molar-refractivity contribution in [3.8, 4) is 0 Å². The molecule has 2 rings (SSSR count). The minimum atomic E-state index is 0.0693. The lowest BCUT2D eigenvalue weighted by Crippen LogP contribution is -2.07. The number of aromatic amines is 1. The summed E-state index contributed by atoms with van der Waals surface area (Å²) in [5, 5.41) is 0. The zero-order chi connectivity index (χ0) is 8.60. The molecular formula is C10H12N2. The van der Waals surface area contributed by atoms with Crippen LogP contribution in [0.2, 0.25) is 0 Å². The Kier molecular flexibility index (Phi) is 1.43. The monoisotopic (exact) mass is 160 g/mol. The van der Waals surface area contributed by atoms with E-state index in [1.165, 1.54) is 0 Å². The molecule has 2 heterocycles. The molecule has 0 atom stereocenters. The summed E-state index contributed by atoms with van der Waals surface area (Å²) in [4.78, 5) is 7.52. The van der Waals surface area contributed by atoms with Gasteiger partial charge in [-0.15, -0.1) is 0 Å². The third kappa shape index (κ3) is 1.20. The van der Waals surface area contributed by atoms with Crippen molar-refractivity contribution in [1.82, 2.24) is 4.98 Å². The van der Waals surface area contributed by atoms with Crippen LogP contribution in [-0.2, 0) is 0 Å². The van der Waals surface area contributed by atoms with E-state index in [1.807, 2.05) is 18.5 Å². The standard InChI is InChI=1S/C10H12N2/c1-10(2)5-3-8-9(12-7-10)4-6-11-8/h3-7,11H,1-2H3. The predicted octanol–water partition coefficient (Wildman–Crippen LogP) is 2.77. The van der Waals surface area contributed by atoms with Gasteiger partial charge in [0.1, 0.15) is 0 Å². The van der Waals surface area contributed by atoms with Crippen LogP contribution in [0, 0.1) is 5.41 Å².